The number of para-hydroxylation sites is 2. The van der Waals surface area contributed by atoms with Crippen LogP contribution in [-0.2, 0) is 4.79 Å². The number of hydrogen-bond donors (Lipinski definition) is 1. The van der Waals surface area contributed by atoms with Crippen molar-refractivity contribution in [3.8, 4) is 0 Å². The molecule has 2 aliphatic heterocycles. The molecule has 6 nitrogen and oxygen atoms in total. The summed E-state index contributed by atoms with van der Waals surface area (Å²) in [6.45, 7) is 7.43. The van der Waals surface area contributed by atoms with Crippen molar-refractivity contribution in [3.63, 3.8) is 0 Å². The molecule has 7 heteroatoms. The minimum Gasteiger partial charge on any atom is -0.376 e. The molecule has 1 aromatic carbocycles. The number of amides is 2. The van der Waals surface area contributed by atoms with E-state index < -0.39 is 0 Å². The van der Waals surface area contributed by atoms with Crippen LogP contribution < -0.4 is 10.2 Å². The van der Waals surface area contributed by atoms with Gasteiger partial charge in [0.15, 0.2) is 0 Å². The van der Waals surface area contributed by atoms with Crippen molar-refractivity contribution in [2.45, 2.75) is 39.2 Å². The molecule has 1 saturated heterocycles. The second kappa shape index (κ2) is 6.64. The molecule has 0 bridgehead atoms. The van der Waals surface area contributed by atoms with Crippen molar-refractivity contribution in [1.82, 2.24) is 9.88 Å². The van der Waals surface area contributed by atoms with Crippen molar-refractivity contribution in [3.05, 3.63) is 39.8 Å². The number of benzene rings is 1. The number of aryl methyl sites for hydroxylation is 2. The van der Waals surface area contributed by atoms with Crippen molar-refractivity contribution < 1.29 is 9.59 Å². The van der Waals surface area contributed by atoms with Crippen LogP contribution in [0.5, 0.6) is 0 Å². The number of nitrogens with one attached hydrogen (secondary N) is 1. The van der Waals surface area contributed by atoms with E-state index in [0.717, 1.165) is 39.8 Å². The first kappa shape index (κ1) is 18.0. The maximum Gasteiger partial charge on any atom is 0.265 e. The average molecular weight is 385 g/mol. The summed E-state index contributed by atoms with van der Waals surface area (Å²) in [5, 5.41) is 4.59. The molecule has 2 aromatic rings. The second-order valence-corrected chi connectivity index (χ2v) is 8.67. The Morgan fingerprint density at radius 1 is 1.19 bits per heavy atom. The van der Waals surface area contributed by atoms with Crippen molar-refractivity contribution in [2.24, 2.45) is 0 Å². The summed E-state index contributed by atoms with van der Waals surface area (Å²) in [6.07, 6.45) is 1.63. The van der Waals surface area contributed by atoms with Gasteiger partial charge in [0.05, 0.1) is 27.6 Å². The normalized spacial score (nSPS) is 18.2. The summed E-state index contributed by atoms with van der Waals surface area (Å²) >= 11 is 1.47. The number of aromatic nitrogens is 1. The Labute approximate surface area is 163 Å². The fourth-order valence-corrected chi connectivity index (χ4v) is 4.99. The molecule has 0 aliphatic carbocycles. The Morgan fingerprint density at radius 3 is 2.52 bits per heavy atom. The number of likely N-dealkylation sites (tertiary alicyclic amines) is 1. The third-order valence-corrected chi connectivity index (χ3v) is 6.60. The first-order chi connectivity index (χ1) is 12.9. The van der Waals surface area contributed by atoms with Crippen LogP contribution in [0, 0.1) is 13.8 Å². The number of piperidine rings is 1. The van der Waals surface area contributed by atoms with Gasteiger partial charge in [-0.3, -0.25) is 9.59 Å². The van der Waals surface area contributed by atoms with E-state index in [2.05, 4.69) is 10.3 Å². The Hall–Kier alpha value is -2.41. The summed E-state index contributed by atoms with van der Waals surface area (Å²) in [5.41, 5.74) is 2.56. The summed E-state index contributed by atoms with van der Waals surface area (Å²) in [7, 11) is 0. The SMILES string of the molecule is CC(=O)N1CC2(CCN(C(=O)c3sc(C)nc3C)CC2)Nc2ccccc21. The smallest absolute Gasteiger partial charge is 0.265 e. The van der Waals surface area contributed by atoms with E-state index in [0.29, 0.717) is 19.6 Å². The third-order valence-electron chi connectivity index (χ3n) is 5.54. The maximum absolute atomic E-state index is 12.9. The number of rotatable bonds is 1. The highest BCUT2D eigenvalue weighted by Gasteiger charge is 2.42. The van der Waals surface area contributed by atoms with Crippen LogP contribution in [0.4, 0.5) is 11.4 Å². The van der Waals surface area contributed by atoms with Gasteiger partial charge in [-0.15, -0.1) is 11.3 Å². The molecule has 0 radical (unpaired) electrons. The highest BCUT2D eigenvalue weighted by atomic mass is 32.1. The Balaban J connectivity index is 1.52. The zero-order chi connectivity index (χ0) is 19.2. The van der Waals surface area contributed by atoms with Gasteiger partial charge >= 0.3 is 0 Å². The lowest BCUT2D eigenvalue weighted by molar-refractivity contribution is -0.116. The lowest BCUT2D eigenvalue weighted by Gasteiger charge is -2.48. The topological polar surface area (TPSA) is 65.5 Å². The Kier molecular flexibility index (Phi) is 4.42. The number of carbonyl (C=O) groups is 2. The molecule has 142 valence electrons. The number of thiazole rings is 1. The van der Waals surface area contributed by atoms with E-state index in [1.165, 1.54) is 11.3 Å². The molecular formula is C20H24N4O2S. The Bertz CT molecular complexity index is 899. The fourth-order valence-electron chi connectivity index (χ4n) is 4.10. The average Bonchev–Trinajstić information content (AvgIpc) is 2.99. The molecule has 0 saturated carbocycles. The molecule has 2 amide bonds. The zero-order valence-corrected chi connectivity index (χ0v) is 16.7. The molecular weight excluding hydrogens is 360 g/mol. The molecule has 1 aromatic heterocycles. The molecule has 4 rings (SSSR count). The van der Waals surface area contributed by atoms with Crippen LogP contribution in [0.15, 0.2) is 24.3 Å². The molecule has 0 unspecified atom stereocenters. The van der Waals surface area contributed by atoms with Crippen molar-refractivity contribution >= 4 is 34.5 Å². The van der Waals surface area contributed by atoms with Crippen LogP contribution >= 0.6 is 11.3 Å². The molecule has 2 aliphatic rings. The zero-order valence-electron chi connectivity index (χ0n) is 15.9. The number of fused-ring (bicyclic) bond motifs is 1. The summed E-state index contributed by atoms with van der Waals surface area (Å²) in [6, 6.07) is 7.93. The lowest BCUT2D eigenvalue weighted by Crippen LogP contribution is -2.59. The van der Waals surface area contributed by atoms with E-state index in [-0.39, 0.29) is 17.4 Å². The monoisotopic (exact) mass is 384 g/mol. The van der Waals surface area contributed by atoms with Crippen LogP contribution in [-0.4, -0.2) is 46.9 Å². The molecule has 1 fully saturated rings. The van der Waals surface area contributed by atoms with Gasteiger partial charge in [0, 0.05) is 26.6 Å². The van der Waals surface area contributed by atoms with E-state index in [1.807, 2.05) is 47.9 Å². The lowest BCUT2D eigenvalue weighted by atomic mass is 9.84. The van der Waals surface area contributed by atoms with Gasteiger partial charge in [-0.05, 0) is 38.8 Å². The standard InChI is InChI=1S/C20H24N4O2S/c1-13-18(27-14(2)21-13)19(26)23-10-8-20(9-11-23)12-24(15(3)25)17-7-5-4-6-16(17)22-20/h4-7,22H,8-12H2,1-3H3. The third kappa shape index (κ3) is 3.20. The minimum atomic E-state index is -0.185. The summed E-state index contributed by atoms with van der Waals surface area (Å²) in [4.78, 5) is 34.0. The van der Waals surface area contributed by atoms with Gasteiger partial charge < -0.3 is 15.1 Å². The molecule has 1 spiro atoms. The number of hydrogen-bond acceptors (Lipinski definition) is 5. The van der Waals surface area contributed by atoms with E-state index in [4.69, 9.17) is 0 Å². The van der Waals surface area contributed by atoms with E-state index in [9.17, 15) is 9.59 Å². The fraction of sp³-hybridized carbons (Fsp3) is 0.450. The molecule has 0 atom stereocenters. The minimum absolute atomic E-state index is 0.0533. The highest BCUT2D eigenvalue weighted by Crippen LogP contribution is 2.39. The number of nitrogens with zero attached hydrogens (tertiary/aromatic N) is 3. The predicted octanol–water partition coefficient (Wildman–Crippen LogP) is 3.21. The first-order valence-electron chi connectivity index (χ1n) is 9.27. The largest absolute Gasteiger partial charge is 0.376 e. The van der Waals surface area contributed by atoms with Gasteiger partial charge in [0.2, 0.25) is 5.91 Å². The van der Waals surface area contributed by atoms with Gasteiger partial charge in [0.25, 0.3) is 5.91 Å². The maximum atomic E-state index is 12.9. The van der Waals surface area contributed by atoms with Crippen LogP contribution in [0.25, 0.3) is 0 Å². The predicted molar refractivity (Wildman–Crippen MR) is 108 cm³/mol. The quantitative estimate of drug-likeness (QED) is 0.820. The Morgan fingerprint density at radius 2 is 1.89 bits per heavy atom. The van der Waals surface area contributed by atoms with Crippen LogP contribution in [0.1, 0.15) is 40.1 Å². The van der Waals surface area contributed by atoms with Crippen molar-refractivity contribution in [1.29, 1.82) is 0 Å². The highest BCUT2D eigenvalue weighted by molar-refractivity contribution is 7.13. The number of anilines is 2. The van der Waals surface area contributed by atoms with Gasteiger partial charge in [0.1, 0.15) is 4.88 Å². The number of carbonyl (C=O) groups excluding carboxylic acids is 2. The van der Waals surface area contributed by atoms with E-state index >= 15 is 0 Å². The molecule has 1 N–H and O–H groups in total. The molecule has 27 heavy (non-hydrogen) atoms. The van der Waals surface area contributed by atoms with Crippen molar-refractivity contribution in [2.75, 3.05) is 29.9 Å². The summed E-state index contributed by atoms with van der Waals surface area (Å²) in [5.74, 6) is 0.130. The second-order valence-electron chi connectivity index (χ2n) is 7.47. The van der Waals surface area contributed by atoms with Gasteiger partial charge in [-0.2, -0.15) is 0 Å². The van der Waals surface area contributed by atoms with Crippen LogP contribution in [0.2, 0.25) is 0 Å². The first-order valence-corrected chi connectivity index (χ1v) is 10.1. The summed E-state index contributed by atoms with van der Waals surface area (Å²) < 4.78 is 0. The molecule has 3 heterocycles. The van der Waals surface area contributed by atoms with Crippen LogP contribution in [0.3, 0.4) is 0 Å². The van der Waals surface area contributed by atoms with Gasteiger partial charge in [-0.1, -0.05) is 12.1 Å². The van der Waals surface area contributed by atoms with Gasteiger partial charge in [-0.25, -0.2) is 4.98 Å². The van der Waals surface area contributed by atoms with E-state index in [1.54, 1.807) is 6.92 Å².